The zero-order valence-corrected chi connectivity index (χ0v) is 20.0. The number of rotatable bonds is 3. The van der Waals surface area contributed by atoms with Crippen LogP contribution in [0.25, 0.3) is 6.08 Å². The van der Waals surface area contributed by atoms with Crippen molar-refractivity contribution >= 4 is 46.9 Å². The van der Waals surface area contributed by atoms with Crippen LogP contribution in [0.15, 0.2) is 42.0 Å². The number of amides is 4. The number of barbiturate groups is 1. The number of anilines is 2. The number of imide groups is 2. The predicted molar refractivity (Wildman–Crippen MR) is 129 cm³/mol. The zero-order valence-electron chi connectivity index (χ0n) is 19.2. The molecule has 7 nitrogen and oxygen atoms in total. The van der Waals surface area contributed by atoms with E-state index in [2.05, 4.69) is 31.0 Å². The first-order valence-corrected chi connectivity index (χ1v) is 11.0. The Kier molecular flexibility index (Phi) is 5.70. The number of urea groups is 1. The van der Waals surface area contributed by atoms with Gasteiger partial charge in [0.1, 0.15) is 11.3 Å². The van der Waals surface area contributed by atoms with Crippen LogP contribution in [0.1, 0.15) is 44.2 Å². The molecule has 1 fully saturated rings. The van der Waals surface area contributed by atoms with Gasteiger partial charge in [-0.2, -0.15) is 0 Å². The standard InChI is InChI=1S/C25H26ClN3O4/c1-14-13-25(2,3)28(4)21-12-20(26)15(10-18(14)21)11-19-22(30)27-24(32)29(23(19)31)16-6-8-17(33-5)9-7-16/h6-12,14H,13H2,1-5H3,(H,27,30,32)/b19-11+/t14-/m0/s1. The smallest absolute Gasteiger partial charge is 0.335 e. The van der Waals surface area contributed by atoms with Crippen molar-refractivity contribution in [3.63, 3.8) is 0 Å². The summed E-state index contributed by atoms with van der Waals surface area (Å²) in [6.07, 6.45) is 2.41. The van der Waals surface area contributed by atoms with Crippen LogP contribution in [-0.2, 0) is 9.59 Å². The Labute approximate surface area is 198 Å². The number of nitrogens with zero attached hydrogens (tertiary/aromatic N) is 2. The van der Waals surface area contributed by atoms with Crippen LogP contribution in [0.5, 0.6) is 5.75 Å². The topological polar surface area (TPSA) is 79.0 Å². The van der Waals surface area contributed by atoms with Crippen molar-refractivity contribution < 1.29 is 19.1 Å². The van der Waals surface area contributed by atoms with Gasteiger partial charge in [-0.05, 0) is 79.8 Å². The highest BCUT2D eigenvalue weighted by Crippen LogP contribution is 2.44. The Balaban J connectivity index is 1.75. The van der Waals surface area contributed by atoms with Gasteiger partial charge in [-0.1, -0.05) is 18.5 Å². The number of ether oxygens (including phenoxy) is 1. The number of hydrogen-bond donors (Lipinski definition) is 1. The maximum absolute atomic E-state index is 13.2. The minimum Gasteiger partial charge on any atom is -0.497 e. The van der Waals surface area contributed by atoms with E-state index in [4.69, 9.17) is 16.3 Å². The van der Waals surface area contributed by atoms with Crippen LogP contribution >= 0.6 is 11.6 Å². The third-order valence-electron chi connectivity index (χ3n) is 6.48. The molecule has 4 rings (SSSR count). The molecule has 8 heteroatoms. The molecule has 1 N–H and O–H groups in total. The number of halogens is 1. The average molecular weight is 468 g/mol. The van der Waals surface area contributed by atoms with E-state index < -0.39 is 17.8 Å². The van der Waals surface area contributed by atoms with E-state index in [1.165, 1.54) is 13.2 Å². The minimum absolute atomic E-state index is 0.0197. The van der Waals surface area contributed by atoms with Crippen molar-refractivity contribution in [1.29, 1.82) is 0 Å². The third kappa shape index (κ3) is 3.97. The van der Waals surface area contributed by atoms with Crippen LogP contribution in [-0.4, -0.2) is 37.5 Å². The fourth-order valence-corrected chi connectivity index (χ4v) is 4.71. The minimum atomic E-state index is -0.804. The number of carbonyl (C=O) groups excluding carboxylic acids is 3. The maximum Gasteiger partial charge on any atom is 0.335 e. The molecule has 0 aliphatic carbocycles. The lowest BCUT2D eigenvalue weighted by Crippen LogP contribution is -2.54. The monoisotopic (exact) mass is 467 g/mol. The van der Waals surface area contributed by atoms with Crippen LogP contribution in [0.3, 0.4) is 0 Å². The van der Waals surface area contributed by atoms with Crippen molar-refractivity contribution in [2.75, 3.05) is 24.0 Å². The summed E-state index contributed by atoms with van der Waals surface area (Å²) in [5.74, 6) is -0.615. The van der Waals surface area contributed by atoms with E-state index in [-0.39, 0.29) is 17.0 Å². The molecule has 1 atom stereocenters. The van der Waals surface area contributed by atoms with E-state index in [1.54, 1.807) is 24.3 Å². The lowest BCUT2D eigenvalue weighted by Gasteiger charge is -2.45. The first-order chi connectivity index (χ1) is 15.5. The highest BCUT2D eigenvalue weighted by molar-refractivity contribution is 6.40. The van der Waals surface area contributed by atoms with Gasteiger partial charge in [0, 0.05) is 23.3 Å². The van der Waals surface area contributed by atoms with Crippen molar-refractivity contribution in [3.8, 4) is 5.75 Å². The molecule has 2 aliphatic heterocycles. The maximum atomic E-state index is 13.2. The summed E-state index contributed by atoms with van der Waals surface area (Å²) in [5, 5.41) is 2.66. The lowest BCUT2D eigenvalue weighted by atomic mass is 9.80. The predicted octanol–water partition coefficient (Wildman–Crippen LogP) is 4.74. The number of carbonyl (C=O) groups is 3. The molecular formula is C25H26ClN3O4. The lowest BCUT2D eigenvalue weighted by molar-refractivity contribution is -0.122. The van der Waals surface area contributed by atoms with Crippen LogP contribution in [0.2, 0.25) is 5.02 Å². The van der Waals surface area contributed by atoms with Crippen molar-refractivity contribution in [2.45, 2.75) is 38.6 Å². The van der Waals surface area contributed by atoms with Gasteiger partial charge in [0.05, 0.1) is 12.8 Å². The molecule has 33 heavy (non-hydrogen) atoms. The van der Waals surface area contributed by atoms with Crippen molar-refractivity contribution in [1.82, 2.24) is 5.32 Å². The summed E-state index contributed by atoms with van der Waals surface area (Å²) in [6.45, 7) is 6.53. The molecule has 2 aliphatic rings. The average Bonchev–Trinajstić information content (AvgIpc) is 2.75. The summed E-state index contributed by atoms with van der Waals surface area (Å²) < 4.78 is 5.13. The summed E-state index contributed by atoms with van der Waals surface area (Å²) in [4.78, 5) is 41.4. The molecule has 0 spiro atoms. The fourth-order valence-electron chi connectivity index (χ4n) is 4.49. The van der Waals surface area contributed by atoms with Gasteiger partial charge < -0.3 is 9.64 Å². The molecule has 2 heterocycles. The molecule has 2 aromatic rings. The molecule has 1 saturated heterocycles. The van der Waals surface area contributed by atoms with Gasteiger partial charge in [0.25, 0.3) is 11.8 Å². The molecule has 2 aromatic carbocycles. The van der Waals surface area contributed by atoms with E-state index in [0.717, 1.165) is 22.6 Å². The second-order valence-electron chi connectivity index (χ2n) is 9.07. The van der Waals surface area contributed by atoms with Gasteiger partial charge in [0.15, 0.2) is 0 Å². The summed E-state index contributed by atoms with van der Waals surface area (Å²) in [6, 6.07) is 9.42. The summed E-state index contributed by atoms with van der Waals surface area (Å²) >= 11 is 6.59. The van der Waals surface area contributed by atoms with Crippen molar-refractivity contribution in [2.24, 2.45) is 0 Å². The van der Waals surface area contributed by atoms with Crippen molar-refractivity contribution in [3.05, 3.63) is 58.1 Å². The molecule has 0 unspecified atom stereocenters. The highest BCUT2D eigenvalue weighted by Gasteiger charge is 2.38. The first-order valence-electron chi connectivity index (χ1n) is 10.7. The van der Waals surface area contributed by atoms with E-state index >= 15 is 0 Å². The number of benzene rings is 2. The Morgan fingerprint density at radius 3 is 2.45 bits per heavy atom. The summed E-state index contributed by atoms with van der Waals surface area (Å²) in [5.41, 5.74) is 2.82. The molecule has 4 amide bonds. The fraction of sp³-hybridized carbons (Fsp3) is 0.320. The Bertz CT molecular complexity index is 1190. The number of fused-ring (bicyclic) bond motifs is 1. The molecule has 172 valence electrons. The van der Waals surface area contributed by atoms with Gasteiger partial charge in [-0.3, -0.25) is 14.9 Å². The van der Waals surface area contributed by atoms with E-state index in [9.17, 15) is 14.4 Å². The molecule has 0 bridgehead atoms. The molecular weight excluding hydrogens is 442 g/mol. The zero-order chi connectivity index (χ0) is 24.1. The molecule has 0 radical (unpaired) electrons. The van der Waals surface area contributed by atoms with Crippen LogP contribution in [0.4, 0.5) is 16.2 Å². The Morgan fingerprint density at radius 2 is 1.82 bits per heavy atom. The van der Waals surface area contributed by atoms with Crippen LogP contribution < -0.4 is 19.9 Å². The van der Waals surface area contributed by atoms with Gasteiger partial charge in [-0.15, -0.1) is 0 Å². The second-order valence-corrected chi connectivity index (χ2v) is 9.47. The van der Waals surface area contributed by atoms with Gasteiger partial charge in [-0.25, -0.2) is 9.69 Å². The number of nitrogens with one attached hydrogen (secondary N) is 1. The van der Waals surface area contributed by atoms with Crippen LogP contribution in [0, 0.1) is 0 Å². The van der Waals surface area contributed by atoms with Gasteiger partial charge in [0.2, 0.25) is 0 Å². The largest absolute Gasteiger partial charge is 0.497 e. The quantitative estimate of drug-likeness (QED) is 0.521. The summed E-state index contributed by atoms with van der Waals surface area (Å²) in [7, 11) is 3.56. The SMILES string of the molecule is COc1ccc(N2C(=O)NC(=O)/C(=C\c3cc4c(cc3Cl)N(C)C(C)(C)C[C@@H]4C)C2=O)cc1. The molecule has 0 aromatic heterocycles. The molecule has 0 saturated carbocycles. The normalized spacial score (nSPS) is 21.2. The highest BCUT2D eigenvalue weighted by atomic mass is 35.5. The Hall–Kier alpha value is -3.32. The van der Waals surface area contributed by atoms with Gasteiger partial charge >= 0.3 is 6.03 Å². The third-order valence-corrected chi connectivity index (χ3v) is 6.81. The first kappa shape index (κ1) is 22.9. The number of methoxy groups -OCH3 is 1. The number of hydrogen-bond acceptors (Lipinski definition) is 5. The Morgan fingerprint density at radius 1 is 1.15 bits per heavy atom. The van der Waals surface area contributed by atoms with E-state index in [0.29, 0.717) is 22.0 Å². The second kappa shape index (κ2) is 8.23. The van der Waals surface area contributed by atoms with E-state index in [1.807, 2.05) is 19.2 Å².